The van der Waals surface area contributed by atoms with Gasteiger partial charge in [-0.3, -0.25) is 14.5 Å². The van der Waals surface area contributed by atoms with Crippen molar-refractivity contribution in [3.8, 4) is 11.5 Å². The number of rotatable bonds is 6. The number of aryl methyl sites for hydroxylation is 1. The maximum atomic E-state index is 13.6. The number of ether oxygens (including phenoxy) is 2. The number of furan rings is 1. The van der Waals surface area contributed by atoms with Crippen molar-refractivity contribution < 1.29 is 33.1 Å². The van der Waals surface area contributed by atoms with Gasteiger partial charge >= 0.3 is 0 Å². The van der Waals surface area contributed by atoms with Crippen LogP contribution in [0.5, 0.6) is 11.5 Å². The largest absolute Gasteiger partial charge is 0.503 e. The van der Waals surface area contributed by atoms with E-state index in [9.17, 15) is 14.7 Å². The van der Waals surface area contributed by atoms with E-state index in [1.54, 1.807) is 55.5 Å². The first kappa shape index (κ1) is 21.3. The summed E-state index contributed by atoms with van der Waals surface area (Å²) in [5.41, 5.74) is 0.869. The van der Waals surface area contributed by atoms with Gasteiger partial charge in [0.1, 0.15) is 11.3 Å². The average Bonchev–Trinajstić information content (AvgIpc) is 3.54. The van der Waals surface area contributed by atoms with Crippen LogP contribution in [-0.2, 0) is 4.79 Å². The van der Waals surface area contributed by atoms with Crippen LogP contribution in [-0.4, -0.2) is 36.2 Å². The van der Waals surface area contributed by atoms with E-state index < -0.39 is 23.5 Å². The second-order valence-corrected chi connectivity index (χ2v) is 7.73. The Morgan fingerprint density at radius 3 is 2.50 bits per heavy atom. The van der Waals surface area contributed by atoms with Crippen molar-refractivity contribution in [1.29, 1.82) is 0 Å². The highest BCUT2D eigenvalue weighted by atomic mass is 16.5. The number of anilines is 1. The molecule has 3 heterocycles. The molecule has 0 saturated heterocycles. The number of benzene rings is 2. The quantitative estimate of drug-likeness (QED) is 0.417. The Morgan fingerprint density at radius 2 is 1.82 bits per heavy atom. The summed E-state index contributed by atoms with van der Waals surface area (Å²) in [5, 5.41) is 15.5. The number of Topliss-reactive ketones (excluding diaryl/α,β-unsaturated/α-hetero) is 1. The van der Waals surface area contributed by atoms with Gasteiger partial charge in [0.15, 0.2) is 28.8 Å². The molecule has 9 nitrogen and oxygen atoms in total. The van der Waals surface area contributed by atoms with Gasteiger partial charge in [-0.25, -0.2) is 0 Å². The minimum Gasteiger partial charge on any atom is -0.503 e. The van der Waals surface area contributed by atoms with Crippen LogP contribution in [0.15, 0.2) is 74.9 Å². The van der Waals surface area contributed by atoms with Gasteiger partial charge in [0.25, 0.3) is 5.91 Å². The lowest BCUT2D eigenvalue weighted by atomic mass is 9.94. The molecule has 1 amide bonds. The lowest BCUT2D eigenvalue weighted by Gasteiger charge is -2.24. The maximum Gasteiger partial charge on any atom is 0.295 e. The van der Waals surface area contributed by atoms with Crippen molar-refractivity contribution in [2.24, 2.45) is 0 Å². The molecule has 34 heavy (non-hydrogen) atoms. The number of fused-ring (bicyclic) bond motifs is 1. The molecule has 1 atom stereocenters. The standard InChI is InChI=1S/C25H20N2O7/c1-13-10-20(26-34-13)27-22(15-8-9-17(31-2)18(12-15)32-3)21(24(29)25(27)30)23(28)19-11-14-6-4-5-7-16(14)33-19/h4-12,22,29H,1-3H3/t22-/m1/s1. The molecule has 0 unspecified atom stereocenters. The first-order valence-corrected chi connectivity index (χ1v) is 10.4. The molecule has 0 spiro atoms. The Balaban J connectivity index is 1.68. The van der Waals surface area contributed by atoms with Gasteiger partial charge in [-0.15, -0.1) is 0 Å². The third-order valence-corrected chi connectivity index (χ3v) is 5.69. The van der Waals surface area contributed by atoms with Gasteiger partial charge in [-0.2, -0.15) is 0 Å². The summed E-state index contributed by atoms with van der Waals surface area (Å²) in [6.07, 6.45) is 0. The second kappa shape index (κ2) is 8.11. The molecule has 2 aromatic heterocycles. The molecular weight excluding hydrogens is 440 g/mol. The van der Waals surface area contributed by atoms with Crippen LogP contribution in [0.2, 0.25) is 0 Å². The van der Waals surface area contributed by atoms with Crippen molar-refractivity contribution in [1.82, 2.24) is 5.16 Å². The average molecular weight is 460 g/mol. The van der Waals surface area contributed by atoms with Gasteiger partial charge in [0.05, 0.1) is 25.8 Å². The highest BCUT2D eigenvalue weighted by Gasteiger charge is 2.46. The number of hydrogen-bond acceptors (Lipinski definition) is 8. The van der Waals surface area contributed by atoms with Gasteiger partial charge in [-0.05, 0) is 36.8 Å². The molecule has 1 aliphatic heterocycles. The van der Waals surface area contributed by atoms with E-state index in [1.807, 2.05) is 6.07 Å². The summed E-state index contributed by atoms with van der Waals surface area (Å²) in [6, 6.07) is 14.2. The molecule has 0 aliphatic carbocycles. The van der Waals surface area contributed by atoms with Crippen molar-refractivity contribution in [2.75, 3.05) is 19.1 Å². The van der Waals surface area contributed by atoms with E-state index in [0.717, 1.165) is 5.39 Å². The molecule has 9 heteroatoms. The lowest BCUT2D eigenvalue weighted by molar-refractivity contribution is -0.117. The first-order valence-electron chi connectivity index (χ1n) is 10.4. The Bertz CT molecular complexity index is 1430. The van der Waals surface area contributed by atoms with Gasteiger partial charge in [0.2, 0.25) is 5.78 Å². The van der Waals surface area contributed by atoms with Gasteiger partial charge < -0.3 is 23.5 Å². The third-order valence-electron chi connectivity index (χ3n) is 5.69. The number of ketones is 1. The molecule has 0 bridgehead atoms. The Morgan fingerprint density at radius 1 is 1.06 bits per heavy atom. The molecular formula is C25H20N2O7. The molecule has 0 fully saturated rings. The molecule has 172 valence electrons. The number of aromatic nitrogens is 1. The fourth-order valence-corrected chi connectivity index (χ4v) is 4.11. The monoisotopic (exact) mass is 460 g/mol. The molecule has 1 N–H and O–H groups in total. The number of para-hydroxylation sites is 1. The van der Waals surface area contributed by atoms with E-state index in [-0.39, 0.29) is 17.2 Å². The number of hydrogen-bond donors (Lipinski definition) is 1. The Hall–Kier alpha value is -4.53. The summed E-state index contributed by atoms with van der Waals surface area (Å²) in [6.45, 7) is 1.68. The van der Waals surface area contributed by atoms with E-state index in [0.29, 0.717) is 28.4 Å². The van der Waals surface area contributed by atoms with Crippen LogP contribution in [0.4, 0.5) is 5.82 Å². The fraction of sp³-hybridized carbons (Fsp3) is 0.160. The summed E-state index contributed by atoms with van der Waals surface area (Å²) >= 11 is 0. The van der Waals surface area contributed by atoms with E-state index >= 15 is 0 Å². The van der Waals surface area contributed by atoms with Crippen molar-refractivity contribution in [2.45, 2.75) is 13.0 Å². The summed E-state index contributed by atoms with van der Waals surface area (Å²) in [5.74, 6) is -0.614. The first-order chi connectivity index (χ1) is 16.4. The number of aliphatic hydroxyl groups excluding tert-OH is 1. The van der Waals surface area contributed by atoms with E-state index in [2.05, 4.69) is 5.16 Å². The second-order valence-electron chi connectivity index (χ2n) is 7.73. The lowest BCUT2D eigenvalue weighted by Crippen LogP contribution is -2.31. The number of carbonyl (C=O) groups excluding carboxylic acids is 2. The number of nitrogens with zero attached hydrogens (tertiary/aromatic N) is 2. The van der Waals surface area contributed by atoms with E-state index in [4.69, 9.17) is 18.4 Å². The summed E-state index contributed by atoms with van der Waals surface area (Å²) < 4.78 is 21.6. The number of methoxy groups -OCH3 is 2. The molecule has 1 aliphatic rings. The normalized spacial score (nSPS) is 15.9. The van der Waals surface area contributed by atoms with Crippen molar-refractivity contribution in [3.05, 3.63) is 83.0 Å². The molecule has 0 saturated carbocycles. The highest BCUT2D eigenvalue weighted by Crippen LogP contribution is 2.44. The minimum atomic E-state index is -1.02. The van der Waals surface area contributed by atoms with Crippen molar-refractivity contribution in [3.63, 3.8) is 0 Å². The molecule has 4 aromatic rings. The fourth-order valence-electron chi connectivity index (χ4n) is 4.11. The van der Waals surface area contributed by atoms with Crippen LogP contribution in [0.3, 0.4) is 0 Å². The molecule has 2 aromatic carbocycles. The Kier molecular flexibility index (Phi) is 5.09. The highest BCUT2D eigenvalue weighted by molar-refractivity contribution is 6.20. The minimum absolute atomic E-state index is 0.000731. The number of aliphatic hydroxyl groups is 1. The van der Waals surface area contributed by atoms with Crippen molar-refractivity contribution >= 4 is 28.5 Å². The van der Waals surface area contributed by atoms with E-state index in [1.165, 1.54) is 19.1 Å². The summed E-state index contributed by atoms with van der Waals surface area (Å²) in [4.78, 5) is 28.0. The summed E-state index contributed by atoms with van der Waals surface area (Å²) in [7, 11) is 2.98. The zero-order valence-electron chi connectivity index (χ0n) is 18.6. The topological polar surface area (TPSA) is 115 Å². The maximum absolute atomic E-state index is 13.6. The SMILES string of the molecule is COc1ccc([C@@H]2C(C(=O)c3cc4ccccc4o3)=C(O)C(=O)N2c2cc(C)on2)cc1OC. The number of amides is 1. The van der Waals surface area contributed by atoms with Crippen LogP contribution >= 0.6 is 0 Å². The third kappa shape index (κ3) is 3.29. The van der Waals surface area contributed by atoms with Crippen LogP contribution in [0, 0.1) is 6.92 Å². The van der Waals surface area contributed by atoms with Gasteiger partial charge in [-0.1, -0.05) is 29.4 Å². The van der Waals surface area contributed by atoms with Crippen LogP contribution in [0.1, 0.15) is 27.9 Å². The molecule has 0 radical (unpaired) electrons. The predicted molar refractivity (Wildman–Crippen MR) is 121 cm³/mol. The van der Waals surface area contributed by atoms with Gasteiger partial charge in [0, 0.05) is 11.5 Å². The van der Waals surface area contributed by atoms with Crippen LogP contribution < -0.4 is 14.4 Å². The zero-order chi connectivity index (χ0) is 24.0. The predicted octanol–water partition coefficient (Wildman–Crippen LogP) is 4.53. The smallest absolute Gasteiger partial charge is 0.295 e. The van der Waals surface area contributed by atoms with Crippen LogP contribution in [0.25, 0.3) is 11.0 Å². The molecule has 5 rings (SSSR count). The number of carbonyl (C=O) groups is 2. The Labute approximate surface area is 193 Å². The zero-order valence-corrected chi connectivity index (χ0v) is 18.6.